The van der Waals surface area contributed by atoms with E-state index >= 15 is 0 Å². The molecule has 0 heterocycles. The zero-order chi connectivity index (χ0) is 46.2. The Morgan fingerprint density at radius 2 is 0.607 bits per heavy atom. The van der Waals surface area contributed by atoms with Crippen LogP contribution in [0.5, 0.6) is 0 Å². The molecule has 0 saturated carbocycles. The molecule has 2 heteroatoms. The van der Waals surface area contributed by atoms with E-state index in [4.69, 9.17) is 11.6 Å². The number of benzene rings is 6. The third kappa shape index (κ3) is 23.4. The Bertz CT molecular complexity index is 1880. The average Bonchev–Trinajstić information content (AvgIpc) is 3.20. The first kappa shape index (κ1) is 54.6. The third-order valence-corrected chi connectivity index (χ3v) is 10.7. The Hall–Kier alpha value is -4.46. The second-order valence-corrected chi connectivity index (χ2v) is 18.5. The first-order chi connectivity index (χ1) is 28.6. The van der Waals surface area contributed by atoms with Gasteiger partial charge in [-0.2, -0.15) is 0 Å². The van der Waals surface area contributed by atoms with Gasteiger partial charge < -0.3 is 0 Å². The smallest absolute Gasteiger partial charge is 0.123 e. The summed E-state index contributed by atoms with van der Waals surface area (Å²) >= 11 is 5.89. The van der Waals surface area contributed by atoms with E-state index in [9.17, 15) is 4.39 Å². The van der Waals surface area contributed by atoms with E-state index in [2.05, 4.69) is 220 Å². The fourth-order valence-corrected chi connectivity index (χ4v) is 5.89. The predicted molar refractivity (Wildman–Crippen MR) is 272 cm³/mol. The van der Waals surface area contributed by atoms with E-state index in [0.29, 0.717) is 35.5 Å². The van der Waals surface area contributed by atoms with Gasteiger partial charge in [0.15, 0.2) is 0 Å². The topological polar surface area (TPSA) is 0 Å². The lowest BCUT2D eigenvalue weighted by Gasteiger charge is -2.06. The summed E-state index contributed by atoms with van der Waals surface area (Å²) in [5.41, 5.74) is 14.6. The maximum atomic E-state index is 12.5. The van der Waals surface area contributed by atoms with Crippen molar-refractivity contribution in [1.29, 1.82) is 0 Å². The molecule has 0 saturated heterocycles. The third-order valence-electron chi connectivity index (χ3n) is 10.3. The van der Waals surface area contributed by atoms with Crippen molar-refractivity contribution in [2.45, 2.75) is 153 Å². The van der Waals surface area contributed by atoms with Gasteiger partial charge in [-0.05, 0) is 127 Å². The van der Waals surface area contributed by atoms with Crippen LogP contribution in [-0.4, -0.2) is 0 Å². The molecule has 0 aliphatic rings. The van der Waals surface area contributed by atoms with Crippen LogP contribution in [0, 0.1) is 40.4 Å². The van der Waals surface area contributed by atoms with Crippen LogP contribution in [0.25, 0.3) is 0 Å². The van der Waals surface area contributed by atoms with E-state index in [1.165, 1.54) is 56.1 Å². The monoisotopic (exact) mass is 843 g/mol. The molecule has 0 aliphatic carbocycles. The molecule has 0 radical (unpaired) electrons. The molecule has 61 heavy (non-hydrogen) atoms. The molecule has 0 amide bonds. The van der Waals surface area contributed by atoms with Crippen molar-refractivity contribution in [2.75, 3.05) is 0 Å². The Morgan fingerprint density at radius 1 is 0.311 bits per heavy atom. The Balaban J connectivity index is 0.000000366. The lowest BCUT2D eigenvalue weighted by Crippen LogP contribution is -1.87. The van der Waals surface area contributed by atoms with Crippen molar-refractivity contribution in [3.63, 3.8) is 0 Å². The largest absolute Gasteiger partial charge is 0.207 e. The van der Waals surface area contributed by atoms with Gasteiger partial charge in [0.2, 0.25) is 0 Å². The number of aryl methyl sites for hydroxylation is 5. The lowest BCUT2D eigenvalue weighted by atomic mass is 10.0. The van der Waals surface area contributed by atoms with Gasteiger partial charge in [-0.3, -0.25) is 0 Å². The van der Waals surface area contributed by atoms with Crippen LogP contribution >= 0.6 is 11.6 Å². The highest BCUT2D eigenvalue weighted by atomic mass is 35.5. The molecule has 0 unspecified atom stereocenters. The van der Waals surface area contributed by atoms with Crippen LogP contribution in [0.3, 0.4) is 0 Å². The SMILES string of the molecule is CC(C)c1cccc(F)c1.Cc1cc(C(C)C)ccc1Cl.Cc1ccc(C(C)C)cc1.Cc1ccc(C(C)C)cc1.Cc1ccc(C(C)C)cc1.Cc1cccc(C(C)C)c1. The van der Waals surface area contributed by atoms with Crippen LogP contribution in [-0.2, 0) is 0 Å². The van der Waals surface area contributed by atoms with Gasteiger partial charge in [0, 0.05) is 5.02 Å². The zero-order valence-electron chi connectivity index (χ0n) is 41.0. The molecule has 0 nitrogen and oxygen atoms in total. The number of hydrogen-bond donors (Lipinski definition) is 0. The molecule has 0 fully saturated rings. The fourth-order valence-electron chi connectivity index (χ4n) is 5.78. The first-order valence-electron chi connectivity index (χ1n) is 22.4. The highest BCUT2D eigenvalue weighted by molar-refractivity contribution is 6.31. The number of hydrogen-bond acceptors (Lipinski definition) is 0. The van der Waals surface area contributed by atoms with Crippen LogP contribution in [0.1, 0.15) is 180 Å². The van der Waals surface area contributed by atoms with Crippen molar-refractivity contribution in [3.05, 3.63) is 212 Å². The summed E-state index contributed by atoms with van der Waals surface area (Å²) in [6.45, 7) is 36.7. The van der Waals surface area contributed by atoms with Gasteiger partial charge >= 0.3 is 0 Å². The predicted octanol–water partition coefficient (Wildman–Crippen LogP) is 19.2. The van der Waals surface area contributed by atoms with Crippen LogP contribution in [0.2, 0.25) is 5.02 Å². The van der Waals surface area contributed by atoms with Crippen molar-refractivity contribution in [1.82, 2.24) is 0 Å². The molecule has 6 aromatic rings. The molecule has 0 bridgehead atoms. The molecular weight excluding hydrogens is 763 g/mol. The van der Waals surface area contributed by atoms with Crippen molar-refractivity contribution >= 4 is 11.6 Å². The van der Waals surface area contributed by atoms with Crippen molar-refractivity contribution < 1.29 is 4.39 Å². The second kappa shape index (κ2) is 29.0. The average molecular weight is 844 g/mol. The summed E-state index contributed by atoms with van der Waals surface area (Å²) in [6, 6.07) is 47.7. The van der Waals surface area contributed by atoms with Crippen molar-refractivity contribution in [2.24, 2.45) is 0 Å². The molecule has 6 aromatic carbocycles. The highest BCUT2D eigenvalue weighted by Gasteiger charge is 2.02. The van der Waals surface area contributed by atoms with Gasteiger partial charge in [-0.1, -0.05) is 238 Å². The normalized spacial score (nSPS) is 10.4. The van der Waals surface area contributed by atoms with E-state index < -0.39 is 0 Å². The molecule has 330 valence electrons. The molecule has 0 aliphatic heterocycles. The van der Waals surface area contributed by atoms with Crippen LogP contribution in [0.15, 0.2) is 140 Å². The van der Waals surface area contributed by atoms with Gasteiger partial charge in [0.05, 0.1) is 0 Å². The van der Waals surface area contributed by atoms with E-state index in [0.717, 1.165) is 16.1 Å². The lowest BCUT2D eigenvalue weighted by molar-refractivity contribution is 0.623. The van der Waals surface area contributed by atoms with Gasteiger partial charge in [-0.15, -0.1) is 0 Å². The van der Waals surface area contributed by atoms with E-state index in [-0.39, 0.29) is 5.82 Å². The summed E-state index contributed by atoms with van der Waals surface area (Å²) in [5.74, 6) is 3.47. The summed E-state index contributed by atoms with van der Waals surface area (Å²) in [7, 11) is 0. The van der Waals surface area contributed by atoms with Crippen LogP contribution < -0.4 is 0 Å². The minimum Gasteiger partial charge on any atom is -0.207 e. The maximum Gasteiger partial charge on any atom is 0.123 e. The summed E-state index contributed by atoms with van der Waals surface area (Å²) in [6.07, 6.45) is 0. The summed E-state index contributed by atoms with van der Waals surface area (Å²) < 4.78 is 12.5. The number of halogens is 2. The summed E-state index contributed by atoms with van der Waals surface area (Å²) in [4.78, 5) is 0. The fraction of sp³-hybridized carbons (Fsp3) is 0.390. The minimum absolute atomic E-state index is 0.147. The molecule has 0 atom stereocenters. The van der Waals surface area contributed by atoms with E-state index in [1.54, 1.807) is 12.1 Å². The number of rotatable bonds is 6. The Labute approximate surface area is 379 Å². The Kier molecular flexibility index (Phi) is 25.9. The Morgan fingerprint density at radius 3 is 0.869 bits per heavy atom. The first-order valence-corrected chi connectivity index (χ1v) is 22.8. The molecule has 6 rings (SSSR count). The zero-order valence-corrected chi connectivity index (χ0v) is 41.8. The molecule has 0 aromatic heterocycles. The molecular formula is C59H80ClF. The van der Waals surface area contributed by atoms with Crippen LogP contribution in [0.4, 0.5) is 4.39 Å². The molecule has 0 N–H and O–H groups in total. The maximum absolute atomic E-state index is 12.5. The van der Waals surface area contributed by atoms with Gasteiger partial charge in [0.1, 0.15) is 5.82 Å². The quantitative estimate of drug-likeness (QED) is 0.157. The van der Waals surface area contributed by atoms with E-state index in [1.807, 2.05) is 19.1 Å². The minimum atomic E-state index is -0.147. The summed E-state index contributed by atoms with van der Waals surface area (Å²) in [5, 5.41) is 0.856. The standard InChI is InChI=1S/C10H13Cl.4C10H14.C9H11F/c1-7(2)9-4-5-10(11)8(3)6-9;3*1-8(2)10-6-4-9(3)5-7-10;1-8(2)10-6-4-5-9(3)7-10;1-7(2)8-4-3-5-9(10)6-8/h4-7H,1-3H3;4*4-8H,1-3H3;3-7H,1-2H3. The molecule has 0 spiro atoms. The van der Waals surface area contributed by atoms with Gasteiger partial charge in [-0.25, -0.2) is 4.39 Å². The van der Waals surface area contributed by atoms with Gasteiger partial charge in [0.25, 0.3) is 0 Å². The highest BCUT2D eigenvalue weighted by Crippen LogP contribution is 2.22. The second-order valence-electron chi connectivity index (χ2n) is 18.1. The van der Waals surface area contributed by atoms with Crippen molar-refractivity contribution in [3.8, 4) is 0 Å².